The second-order valence-electron chi connectivity index (χ2n) is 3.38. The molecule has 64 valence electrons. The fourth-order valence-electron chi connectivity index (χ4n) is 1.93. The molecule has 0 N–H and O–H groups in total. The summed E-state index contributed by atoms with van der Waals surface area (Å²) in [6, 6.07) is 0. The van der Waals surface area contributed by atoms with Crippen LogP contribution in [-0.2, 0) is 4.74 Å². The minimum atomic E-state index is 0.153. The third-order valence-electron chi connectivity index (χ3n) is 2.74. The highest BCUT2D eigenvalue weighted by Crippen LogP contribution is 2.34. The quantitative estimate of drug-likeness (QED) is 0.567. The number of ether oxygens (including phenoxy) is 1. The van der Waals surface area contributed by atoms with E-state index < -0.39 is 0 Å². The molecular formula is C10H18O. The minimum absolute atomic E-state index is 0.153. The van der Waals surface area contributed by atoms with E-state index in [1.807, 2.05) is 0 Å². The standard InChI is InChI=1S/C10H18O/c1-3-10(11-4-2)8-6-5-7-9-10/h4H,2-3,5-9H2,1H3. The van der Waals surface area contributed by atoms with Crippen molar-refractivity contribution in [2.24, 2.45) is 0 Å². The molecule has 0 heterocycles. The molecule has 0 atom stereocenters. The predicted octanol–water partition coefficient (Wildman–Crippen LogP) is 3.26. The van der Waals surface area contributed by atoms with Crippen LogP contribution in [0.25, 0.3) is 0 Å². The summed E-state index contributed by atoms with van der Waals surface area (Å²) in [7, 11) is 0. The molecule has 0 saturated heterocycles. The molecule has 0 amide bonds. The highest BCUT2D eigenvalue weighted by Gasteiger charge is 2.30. The zero-order valence-electron chi connectivity index (χ0n) is 7.44. The Kier molecular flexibility index (Phi) is 2.98. The molecule has 0 unspecified atom stereocenters. The van der Waals surface area contributed by atoms with Gasteiger partial charge in [-0.2, -0.15) is 0 Å². The van der Waals surface area contributed by atoms with Crippen LogP contribution in [0.5, 0.6) is 0 Å². The van der Waals surface area contributed by atoms with Crippen molar-refractivity contribution in [1.82, 2.24) is 0 Å². The van der Waals surface area contributed by atoms with Gasteiger partial charge in [-0.3, -0.25) is 0 Å². The number of hydrogen-bond donors (Lipinski definition) is 0. The zero-order chi connectivity index (χ0) is 8.16. The van der Waals surface area contributed by atoms with E-state index in [9.17, 15) is 0 Å². The van der Waals surface area contributed by atoms with Gasteiger partial charge >= 0.3 is 0 Å². The van der Waals surface area contributed by atoms with Gasteiger partial charge in [0.05, 0.1) is 6.26 Å². The van der Waals surface area contributed by atoms with Crippen LogP contribution in [0.3, 0.4) is 0 Å². The molecule has 1 rings (SSSR count). The average Bonchev–Trinajstić information content (AvgIpc) is 2.07. The van der Waals surface area contributed by atoms with Crippen LogP contribution in [-0.4, -0.2) is 5.60 Å². The summed E-state index contributed by atoms with van der Waals surface area (Å²) in [4.78, 5) is 0. The summed E-state index contributed by atoms with van der Waals surface area (Å²) in [6.07, 6.45) is 9.19. The maximum absolute atomic E-state index is 5.58. The summed E-state index contributed by atoms with van der Waals surface area (Å²) in [6.45, 7) is 5.83. The highest BCUT2D eigenvalue weighted by molar-refractivity contribution is 4.84. The van der Waals surface area contributed by atoms with Gasteiger partial charge in [-0.25, -0.2) is 0 Å². The Morgan fingerprint density at radius 3 is 2.45 bits per heavy atom. The Labute approximate surface area is 69.4 Å². The zero-order valence-corrected chi connectivity index (χ0v) is 7.44. The second kappa shape index (κ2) is 3.80. The Morgan fingerprint density at radius 1 is 1.36 bits per heavy atom. The Bertz CT molecular complexity index is 123. The molecule has 1 nitrogen and oxygen atoms in total. The Balaban J connectivity index is 2.49. The van der Waals surface area contributed by atoms with Crippen molar-refractivity contribution in [3.8, 4) is 0 Å². The Morgan fingerprint density at radius 2 is 2.00 bits per heavy atom. The fraction of sp³-hybridized carbons (Fsp3) is 0.800. The van der Waals surface area contributed by atoms with E-state index in [1.54, 1.807) is 6.26 Å². The lowest BCUT2D eigenvalue weighted by Gasteiger charge is -2.35. The van der Waals surface area contributed by atoms with Gasteiger partial charge in [0.2, 0.25) is 0 Å². The van der Waals surface area contributed by atoms with E-state index in [1.165, 1.54) is 32.1 Å². The van der Waals surface area contributed by atoms with E-state index in [-0.39, 0.29) is 5.60 Å². The monoisotopic (exact) mass is 154 g/mol. The molecule has 11 heavy (non-hydrogen) atoms. The van der Waals surface area contributed by atoms with Gasteiger partial charge < -0.3 is 4.74 Å². The van der Waals surface area contributed by atoms with Crippen molar-refractivity contribution in [3.05, 3.63) is 12.8 Å². The first kappa shape index (κ1) is 8.63. The summed E-state index contributed by atoms with van der Waals surface area (Å²) in [5.74, 6) is 0. The molecule has 1 saturated carbocycles. The molecule has 0 aromatic carbocycles. The van der Waals surface area contributed by atoms with E-state index >= 15 is 0 Å². The first-order valence-corrected chi connectivity index (χ1v) is 4.62. The fourth-order valence-corrected chi connectivity index (χ4v) is 1.93. The van der Waals surface area contributed by atoms with Crippen LogP contribution in [0.2, 0.25) is 0 Å². The van der Waals surface area contributed by atoms with E-state index in [2.05, 4.69) is 13.5 Å². The largest absolute Gasteiger partial charge is 0.496 e. The van der Waals surface area contributed by atoms with Gasteiger partial charge in [0.15, 0.2) is 0 Å². The molecule has 1 heteroatoms. The van der Waals surface area contributed by atoms with Crippen molar-refractivity contribution in [2.75, 3.05) is 0 Å². The normalized spacial score (nSPS) is 22.6. The third kappa shape index (κ3) is 1.98. The second-order valence-corrected chi connectivity index (χ2v) is 3.38. The van der Waals surface area contributed by atoms with Crippen molar-refractivity contribution in [2.45, 2.75) is 51.0 Å². The van der Waals surface area contributed by atoms with Crippen LogP contribution < -0.4 is 0 Å². The van der Waals surface area contributed by atoms with Crippen molar-refractivity contribution in [3.63, 3.8) is 0 Å². The van der Waals surface area contributed by atoms with E-state index in [4.69, 9.17) is 4.74 Å². The van der Waals surface area contributed by atoms with E-state index in [0.717, 1.165) is 6.42 Å². The lowest BCUT2D eigenvalue weighted by molar-refractivity contribution is -0.0138. The van der Waals surface area contributed by atoms with Crippen LogP contribution in [0.15, 0.2) is 12.8 Å². The van der Waals surface area contributed by atoms with Gasteiger partial charge in [-0.1, -0.05) is 19.9 Å². The summed E-state index contributed by atoms with van der Waals surface area (Å²) < 4.78 is 5.58. The number of hydrogen-bond acceptors (Lipinski definition) is 1. The number of rotatable bonds is 3. The van der Waals surface area contributed by atoms with E-state index in [0.29, 0.717) is 0 Å². The first-order valence-electron chi connectivity index (χ1n) is 4.62. The lowest BCUT2D eigenvalue weighted by atomic mass is 9.83. The molecule has 1 aliphatic carbocycles. The third-order valence-corrected chi connectivity index (χ3v) is 2.74. The predicted molar refractivity (Wildman–Crippen MR) is 47.4 cm³/mol. The van der Waals surface area contributed by atoms with Crippen LogP contribution in [0, 0.1) is 0 Å². The molecule has 0 aliphatic heterocycles. The lowest BCUT2D eigenvalue weighted by Crippen LogP contribution is -2.32. The minimum Gasteiger partial charge on any atom is -0.496 e. The van der Waals surface area contributed by atoms with Crippen LogP contribution in [0.1, 0.15) is 45.4 Å². The van der Waals surface area contributed by atoms with Gasteiger partial charge in [-0.15, -0.1) is 0 Å². The first-order chi connectivity index (χ1) is 5.33. The van der Waals surface area contributed by atoms with Gasteiger partial charge in [0.25, 0.3) is 0 Å². The topological polar surface area (TPSA) is 9.23 Å². The maximum atomic E-state index is 5.58. The molecule has 0 bridgehead atoms. The molecule has 0 radical (unpaired) electrons. The SMILES string of the molecule is C=COC1(CC)CCCCC1. The van der Waals surface area contributed by atoms with Gasteiger partial charge in [-0.05, 0) is 32.1 Å². The average molecular weight is 154 g/mol. The Hall–Kier alpha value is -0.460. The van der Waals surface area contributed by atoms with Crippen LogP contribution in [0.4, 0.5) is 0 Å². The van der Waals surface area contributed by atoms with Gasteiger partial charge in [0, 0.05) is 0 Å². The van der Waals surface area contributed by atoms with Crippen LogP contribution >= 0.6 is 0 Å². The highest BCUT2D eigenvalue weighted by atomic mass is 16.5. The molecule has 0 aromatic rings. The van der Waals surface area contributed by atoms with Crippen molar-refractivity contribution < 1.29 is 4.74 Å². The maximum Gasteiger partial charge on any atom is 0.108 e. The molecule has 0 aromatic heterocycles. The molecule has 0 spiro atoms. The summed E-state index contributed by atoms with van der Waals surface area (Å²) in [5, 5.41) is 0. The molecule has 1 aliphatic rings. The van der Waals surface area contributed by atoms with Crippen molar-refractivity contribution in [1.29, 1.82) is 0 Å². The molecule has 1 fully saturated rings. The van der Waals surface area contributed by atoms with Crippen molar-refractivity contribution >= 4 is 0 Å². The van der Waals surface area contributed by atoms with Gasteiger partial charge in [0.1, 0.15) is 5.60 Å². The smallest absolute Gasteiger partial charge is 0.108 e. The summed E-state index contributed by atoms with van der Waals surface area (Å²) in [5.41, 5.74) is 0.153. The summed E-state index contributed by atoms with van der Waals surface area (Å²) >= 11 is 0. The molecular weight excluding hydrogens is 136 g/mol.